The molecule has 0 saturated heterocycles. The standard InChI is InChI=1S/C19H20N2O6S/c1-3-20-19(24)21-17(22)16(13-7-5-4-6-8-13)27-18(23)14-9-11-15(12-10-14)28(2,25)26/h4-12,16H,3H2,1-2H3,(H2,20,21,22,24)/t16-/m0/s1. The third-order valence-corrected chi connectivity index (χ3v) is 4.79. The topological polar surface area (TPSA) is 119 Å². The average molecular weight is 404 g/mol. The number of amides is 3. The van der Waals surface area contributed by atoms with E-state index in [4.69, 9.17) is 4.74 Å². The summed E-state index contributed by atoms with van der Waals surface area (Å²) in [6.07, 6.45) is -0.303. The van der Waals surface area contributed by atoms with Crippen LogP contribution < -0.4 is 10.6 Å². The predicted octanol–water partition coefficient (Wildman–Crippen LogP) is 1.83. The van der Waals surface area contributed by atoms with E-state index in [9.17, 15) is 22.8 Å². The monoisotopic (exact) mass is 404 g/mol. The van der Waals surface area contributed by atoms with Gasteiger partial charge in [-0.15, -0.1) is 0 Å². The second kappa shape index (κ2) is 9.14. The van der Waals surface area contributed by atoms with Gasteiger partial charge in [-0.25, -0.2) is 18.0 Å². The molecule has 0 bridgehead atoms. The molecule has 2 N–H and O–H groups in total. The molecule has 2 aromatic rings. The molecule has 0 aliphatic heterocycles. The van der Waals surface area contributed by atoms with Gasteiger partial charge in [0.2, 0.25) is 6.10 Å². The number of ether oxygens (including phenoxy) is 1. The molecule has 148 valence electrons. The van der Waals surface area contributed by atoms with Crippen LogP contribution in [0, 0.1) is 0 Å². The lowest BCUT2D eigenvalue weighted by molar-refractivity contribution is -0.129. The van der Waals surface area contributed by atoms with E-state index in [2.05, 4.69) is 10.6 Å². The maximum absolute atomic E-state index is 12.5. The van der Waals surface area contributed by atoms with Crippen molar-refractivity contribution in [1.82, 2.24) is 10.6 Å². The minimum Gasteiger partial charge on any atom is -0.444 e. The molecule has 0 aromatic heterocycles. The highest BCUT2D eigenvalue weighted by molar-refractivity contribution is 7.90. The molecule has 1 atom stereocenters. The fraction of sp³-hybridized carbons (Fsp3) is 0.211. The molecular weight excluding hydrogens is 384 g/mol. The van der Waals surface area contributed by atoms with Crippen molar-refractivity contribution in [3.63, 3.8) is 0 Å². The first-order chi connectivity index (χ1) is 13.2. The second-order valence-electron chi connectivity index (χ2n) is 5.84. The van der Waals surface area contributed by atoms with Gasteiger partial charge < -0.3 is 10.1 Å². The number of urea groups is 1. The quantitative estimate of drug-likeness (QED) is 0.709. The molecule has 0 aliphatic rings. The number of carbonyl (C=O) groups excluding carboxylic acids is 3. The summed E-state index contributed by atoms with van der Waals surface area (Å²) in [4.78, 5) is 36.6. The molecule has 8 nitrogen and oxygen atoms in total. The van der Waals surface area contributed by atoms with Gasteiger partial charge in [-0.2, -0.15) is 0 Å². The van der Waals surface area contributed by atoms with Crippen LogP contribution in [0.4, 0.5) is 4.79 Å². The van der Waals surface area contributed by atoms with Crippen molar-refractivity contribution in [3.8, 4) is 0 Å². The first-order valence-electron chi connectivity index (χ1n) is 8.37. The zero-order chi connectivity index (χ0) is 20.7. The third-order valence-electron chi connectivity index (χ3n) is 3.66. The van der Waals surface area contributed by atoms with Gasteiger partial charge in [0.1, 0.15) is 0 Å². The van der Waals surface area contributed by atoms with Crippen molar-refractivity contribution in [3.05, 3.63) is 65.7 Å². The summed E-state index contributed by atoms with van der Waals surface area (Å²) >= 11 is 0. The molecule has 2 rings (SSSR count). The minimum absolute atomic E-state index is 0.0534. The molecule has 0 saturated carbocycles. The molecular formula is C19H20N2O6S. The number of hydrogen-bond donors (Lipinski definition) is 2. The fourth-order valence-corrected chi connectivity index (χ4v) is 2.93. The van der Waals surface area contributed by atoms with Crippen LogP contribution in [0.1, 0.15) is 28.9 Å². The second-order valence-corrected chi connectivity index (χ2v) is 7.86. The van der Waals surface area contributed by atoms with E-state index < -0.39 is 33.8 Å². The van der Waals surface area contributed by atoms with Gasteiger partial charge in [0.25, 0.3) is 5.91 Å². The van der Waals surface area contributed by atoms with E-state index in [0.717, 1.165) is 6.26 Å². The number of esters is 1. The highest BCUT2D eigenvalue weighted by atomic mass is 32.2. The highest BCUT2D eigenvalue weighted by Crippen LogP contribution is 2.20. The van der Waals surface area contributed by atoms with Gasteiger partial charge in [0.05, 0.1) is 10.5 Å². The first-order valence-corrected chi connectivity index (χ1v) is 10.3. The van der Waals surface area contributed by atoms with Crippen molar-refractivity contribution in [2.75, 3.05) is 12.8 Å². The molecule has 0 radical (unpaired) electrons. The van der Waals surface area contributed by atoms with E-state index in [0.29, 0.717) is 12.1 Å². The lowest BCUT2D eigenvalue weighted by Crippen LogP contribution is -2.42. The van der Waals surface area contributed by atoms with Crippen molar-refractivity contribution >= 4 is 27.7 Å². The zero-order valence-corrected chi connectivity index (χ0v) is 16.2. The molecule has 0 fully saturated rings. The maximum Gasteiger partial charge on any atom is 0.339 e. The summed E-state index contributed by atoms with van der Waals surface area (Å²) in [6.45, 7) is 2.01. The van der Waals surface area contributed by atoms with E-state index in [1.807, 2.05) is 0 Å². The van der Waals surface area contributed by atoms with Crippen molar-refractivity contribution in [1.29, 1.82) is 0 Å². The number of sulfone groups is 1. The smallest absolute Gasteiger partial charge is 0.339 e. The van der Waals surface area contributed by atoms with Gasteiger partial charge in [0, 0.05) is 18.4 Å². The van der Waals surface area contributed by atoms with Crippen LogP contribution >= 0.6 is 0 Å². The van der Waals surface area contributed by atoms with E-state index >= 15 is 0 Å². The molecule has 0 heterocycles. The molecule has 0 spiro atoms. The van der Waals surface area contributed by atoms with Gasteiger partial charge >= 0.3 is 12.0 Å². The van der Waals surface area contributed by atoms with E-state index in [-0.39, 0.29) is 10.5 Å². The van der Waals surface area contributed by atoms with Crippen LogP contribution in [0.3, 0.4) is 0 Å². The Kier molecular flexibility index (Phi) is 6.89. The summed E-state index contributed by atoms with van der Waals surface area (Å²) < 4.78 is 28.3. The Labute approximate surface area is 162 Å². The van der Waals surface area contributed by atoms with Crippen LogP contribution in [0.2, 0.25) is 0 Å². The Balaban J connectivity index is 2.23. The van der Waals surface area contributed by atoms with E-state index in [1.165, 1.54) is 24.3 Å². The Morgan fingerprint density at radius 3 is 2.14 bits per heavy atom. The highest BCUT2D eigenvalue weighted by Gasteiger charge is 2.27. The molecule has 0 aliphatic carbocycles. The fourth-order valence-electron chi connectivity index (χ4n) is 2.30. The Morgan fingerprint density at radius 2 is 1.61 bits per heavy atom. The SMILES string of the molecule is CCNC(=O)NC(=O)[C@@H](OC(=O)c1ccc(S(C)(=O)=O)cc1)c1ccccc1. The summed E-state index contributed by atoms with van der Waals surface area (Å²) in [7, 11) is -3.40. The van der Waals surface area contributed by atoms with E-state index in [1.54, 1.807) is 37.3 Å². The van der Waals surface area contributed by atoms with Crippen LogP contribution in [0.25, 0.3) is 0 Å². The molecule has 0 unspecified atom stereocenters. The van der Waals surface area contributed by atoms with Crippen LogP contribution in [0.5, 0.6) is 0 Å². The number of rotatable bonds is 6. The van der Waals surface area contributed by atoms with Crippen molar-refractivity contribution in [2.45, 2.75) is 17.9 Å². The summed E-state index contributed by atoms with van der Waals surface area (Å²) in [6, 6.07) is 12.7. The zero-order valence-electron chi connectivity index (χ0n) is 15.3. The summed E-state index contributed by atoms with van der Waals surface area (Å²) in [5.74, 6) is -1.64. The number of nitrogens with one attached hydrogen (secondary N) is 2. The number of hydrogen-bond acceptors (Lipinski definition) is 6. The van der Waals surface area contributed by atoms with Crippen LogP contribution in [0.15, 0.2) is 59.5 Å². The summed E-state index contributed by atoms with van der Waals surface area (Å²) in [5.41, 5.74) is 0.449. The molecule has 9 heteroatoms. The number of benzene rings is 2. The Bertz CT molecular complexity index is 956. The van der Waals surface area contributed by atoms with Crippen LogP contribution in [-0.2, 0) is 19.4 Å². The molecule has 28 heavy (non-hydrogen) atoms. The van der Waals surface area contributed by atoms with Gasteiger partial charge in [-0.1, -0.05) is 30.3 Å². The maximum atomic E-state index is 12.5. The molecule has 3 amide bonds. The minimum atomic E-state index is -3.40. The average Bonchev–Trinajstić information content (AvgIpc) is 2.66. The third kappa shape index (κ3) is 5.65. The predicted molar refractivity (Wildman–Crippen MR) is 101 cm³/mol. The number of carbonyl (C=O) groups is 3. The normalized spacial score (nSPS) is 11.9. The number of imide groups is 1. The van der Waals surface area contributed by atoms with Crippen molar-refractivity contribution < 1.29 is 27.5 Å². The first kappa shape index (κ1) is 21.1. The Hall–Kier alpha value is -3.20. The molecule has 2 aromatic carbocycles. The lowest BCUT2D eigenvalue weighted by Gasteiger charge is -2.17. The van der Waals surface area contributed by atoms with Gasteiger partial charge in [-0.3, -0.25) is 10.1 Å². The largest absolute Gasteiger partial charge is 0.444 e. The lowest BCUT2D eigenvalue weighted by atomic mass is 10.1. The summed E-state index contributed by atoms with van der Waals surface area (Å²) in [5, 5.41) is 4.54. The van der Waals surface area contributed by atoms with Crippen LogP contribution in [-0.4, -0.2) is 39.1 Å². The Morgan fingerprint density at radius 1 is 1.00 bits per heavy atom. The van der Waals surface area contributed by atoms with Gasteiger partial charge in [-0.05, 0) is 31.2 Å². The van der Waals surface area contributed by atoms with Crippen molar-refractivity contribution in [2.24, 2.45) is 0 Å². The van der Waals surface area contributed by atoms with Gasteiger partial charge in [0.15, 0.2) is 9.84 Å².